The summed E-state index contributed by atoms with van der Waals surface area (Å²) in [6, 6.07) is 3.60. The van der Waals surface area contributed by atoms with Gasteiger partial charge in [0, 0.05) is 50.4 Å². The molecule has 1 atom stereocenters. The molecular formula is C17H29N3O. The van der Waals surface area contributed by atoms with Gasteiger partial charge in [-0.2, -0.15) is 0 Å². The van der Waals surface area contributed by atoms with E-state index < -0.39 is 0 Å². The molecule has 1 aromatic heterocycles. The maximum Gasteiger partial charge on any atom is 0.122 e. The van der Waals surface area contributed by atoms with Crippen molar-refractivity contribution in [2.75, 3.05) is 26.2 Å². The van der Waals surface area contributed by atoms with Crippen molar-refractivity contribution in [3.63, 3.8) is 0 Å². The molecule has 1 aliphatic carbocycles. The Morgan fingerprint density at radius 3 is 2.71 bits per heavy atom. The Morgan fingerprint density at radius 2 is 2.05 bits per heavy atom. The molecule has 118 valence electrons. The molecule has 0 bridgehead atoms. The fourth-order valence-electron chi connectivity index (χ4n) is 3.03. The number of rotatable bonds is 7. The Hall–Kier alpha value is -0.840. The summed E-state index contributed by atoms with van der Waals surface area (Å²) in [6.07, 6.45) is 5.76. The van der Waals surface area contributed by atoms with Gasteiger partial charge in [0.15, 0.2) is 0 Å². The molecule has 4 heteroatoms. The Kier molecular flexibility index (Phi) is 4.99. The lowest BCUT2D eigenvalue weighted by Crippen LogP contribution is -2.49. The summed E-state index contributed by atoms with van der Waals surface area (Å²) in [4.78, 5) is 5.13. The summed E-state index contributed by atoms with van der Waals surface area (Å²) in [5.74, 6) is 1.15. The highest BCUT2D eigenvalue weighted by molar-refractivity contribution is 5.17. The van der Waals surface area contributed by atoms with E-state index in [1.54, 1.807) is 0 Å². The van der Waals surface area contributed by atoms with Crippen LogP contribution in [0.2, 0.25) is 0 Å². The molecule has 1 aliphatic heterocycles. The van der Waals surface area contributed by atoms with Gasteiger partial charge in [0.05, 0.1) is 12.8 Å². The molecule has 2 heterocycles. The average molecular weight is 291 g/mol. The zero-order valence-electron chi connectivity index (χ0n) is 13.5. The average Bonchev–Trinajstić information content (AvgIpc) is 3.25. The second kappa shape index (κ2) is 6.95. The van der Waals surface area contributed by atoms with Crippen LogP contribution in [0.4, 0.5) is 0 Å². The SMILES string of the molecule is CCC(C)N1CCN(Cc2occc2CNC2CC2)CC1. The van der Waals surface area contributed by atoms with E-state index in [1.165, 1.54) is 37.9 Å². The van der Waals surface area contributed by atoms with Gasteiger partial charge in [-0.1, -0.05) is 6.92 Å². The molecule has 2 aliphatic rings. The van der Waals surface area contributed by atoms with Gasteiger partial charge >= 0.3 is 0 Å². The molecule has 0 aromatic carbocycles. The van der Waals surface area contributed by atoms with Crippen molar-refractivity contribution in [2.45, 2.75) is 58.3 Å². The van der Waals surface area contributed by atoms with Crippen LogP contribution in [-0.4, -0.2) is 48.1 Å². The molecular weight excluding hydrogens is 262 g/mol. The predicted molar refractivity (Wildman–Crippen MR) is 85.2 cm³/mol. The van der Waals surface area contributed by atoms with E-state index in [2.05, 4.69) is 35.0 Å². The first-order valence-corrected chi connectivity index (χ1v) is 8.51. The summed E-state index contributed by atoms with van der Waals surface area (Å²) < 4.78 is 5.72. The second-order valence-corrected chi connectivity index (χ2v) is 6.59. The molecule has 1 N–H and O–H groups in total. The van der Waals surface area contributed by atoms with Crippen molar-refractivity contribution < 1.29 is 4.42 Å². The zero-order valence-corrected chi connectivity index (χ0v) is 13.5. The number of hydrogen-bond acceptors (Lipinski definition) is 4. The maximum atomic E-state index is 5.72. The largest absolute Gasteiger partial charge is 0.468 e. The van der Waals surface area contributed by atoms with Crippen molar-refractivity contribution in [3.05, 3.63) is 23.7 Å². The number of nitrogens with one attached hydrogen (secondary N) is 1. The summed E-state index contributed by atoms with van der Waals surface area (Å²) in [5.41, 5.74) is 1.34. The highest BCUT2D eigenvalue weighted by atomic mass is 16.3. The molecule has 1 saturated heterocycles. The highest BCUT2D eigenvalue weighted by Crippen LogP contribution is 2.21. The lowest BCUT2D eigenvalue weighted by atomic mass is 10.1. The van der Waals surface area contributed by atoms with Crippen LogP contribution in [0, 0.1) is 0 Å². The first kappa shape index (κ1) is 15.1. The van der Waals surface area contributed by atoms with Gasteiger partial charge in [0.1, 0.15) is 5.76 Å². The van der Waals surface area contributed by atoms with E-state index >= 15 is 0 Å². The monoisotopic (exact) mass is 291 g/mol. The fraction of sp³-hybridized carbons (Fsp3) is 0.765. The van der Waals surface area contributed by atoms with Crippen LogP contribution in [-0.2, 0) is 13.1 Å². The third kappa shape index (κ3) is 4.09. The van der Waals surface area contributed by atoms with Crippen LogP contribution in [0.25, 0.3) is 0 Å². The quantitative estimate of drug-likeness (QED) is 0.836. The van der Waals surface area contributed by atoms with Crippen molar-refractivity contribution in [2.24, 2.45) is 0 Å². The van der Waals surface area contributed by atoms with E-state index in [9.17, 15) is 0 Å². The van der Waals surface area contributed by atoms with Crippen LogP contribution in [0.1, 0.15) is 44.4 Å². The maximum absolute atomic E-state index is 5.72. The van der Waals surface area contributed by atoms with Gasteiger partial charge in [0.25, 0.3) is 0 Å². The molecule has 21 heavy (non-hydrogen) atoms. The summed E-state index contributed by atoms with van der Waals surface area (Å²) in [7, 11) is 0. The van der Waals surface area contributed by atoms with Gasteiger partial charge in [-0.05, 0) is 32.3 Å². The standard InChI is InChI=1S/C17H29N3O/c1-3-14(2)20-9-7-19(8-10-20)13-17-15(6-11-21-17)12-18-16-4-5-16/h6,11,14,16,18H,3-5,7-10,12-13H2,1-2H3. The predicted octanol–water partition coefficient (Wildman–Crippen LogP) is 2.45. The van der Waals surface area contributed by atoms with Gasteiger partial charge < -0.3 is 9.73 Å². The minimum absolute atomic E-state index is 0.717. The molecule has 0 radical (unpaired) electrons. The Balaban J connectivity index is 1.47. The number of hydrogen-bond donors (Lipinski definition) is 1. The molecule has 1 saturated carbocycles. The zero-order chi connectivity index (χ0) is 14.7. The van der Waals surface area contributed by atoms with E-state index in [4.69, 9.17) is 4.42 Å². The van der Waals surface area contributed by atoms with Crippen molar-refractivity contribution in [3.8, 4) is 0 Å². The molecule has 2 fully saturated rings. The molecule has 1 aromatic rings. The van der Waals surface area contributed by atoms with Crippen molar-refractivity contribution in [1.29, 1.82) is 0 Å². The summed E-state index contributed by atoms with van der Waals surface area (Å²) in [6.45, 7) is 11.2. The van der Waals surface area contributed by atoms with Gasteiger partial charge in [-0.3, -0.25) is 9.80 Å². The van der Waals surface area contributed by atoms with Gasteiger partial charge in [-0.25, -0.2) is 0 Å². The molecule has 0 spiro atoms. The lowest BCUT2D eigenvalue weighted by Gasteiger charge is -2.37. The minimum Gasteiger partial charge on any atom is -0.468 e. The topological polar surface area (TPSA) is 31.6 Å². The fourth-order valence-corrected chi connectivity index (χ4v) is 3.03. The second-order valence-electron chi connectivity index (χ2n) is 6.59. The van der Waals surface area contributed by atoms with Crippen molar-refractivity contribution in [1.82, 2.24) is 15.1 Å². The van der Waals surface area contributed by atoms with Crippen molar-refractivity contribution >= 4 is 0 Å². The van der Waals surface area contributed by atoms with Gasteiger partial charge in [0.2, 0.25) is 0 Å². The molecule has 1 unspecified atom stereocenters. The normalized spacial score (nSPS) is 22.6. The van der Waals surface area contributed by atoms with E-state index in [-0.39, 0.29) is 0 Å². The first-order valence-electron chi connectivity index (χ1n) is 8.51. The smallest absolute Gasteiger partial charge is 0.122 e. The highest BCUT2D eigenvalue weighted by Gasteiger charge is 2.23. The first-order chi connectivity index (χ1) is 10.3. The molecule has 3 rings (SSSR count). The number of nitrogens with zero attached hydrogens (tertiary/aromatic N) is 2. The summed E-state index contributed by atoms with van der Waals surface area (Å²) in [5, 5.41) is 3.58. The van der Waals surface area contributed by atoms with Crippen LogP contribution in [0.5, 0.6) is 0 Å². The Bertz CT molecular complexity index is 433. The van der Waals surface area contributed by atoms with Crippen LogP contribution < -0.4 is 5.32 Å². The van der Waals surface area contributed by atoms with Crippen LogP contribution in [0.3, 0.4) is 0 Å². The molecule has 4 nitrogen and oxygen atoms in total. The summed E-state index contributed by atoms with van der Waals surface area (Å²) >= 11 is 0. The number of piperazine rings is 1. The minimum atomic E-state index is 0.717. The van der Waals surface area contributed by atoms with Crippen LogP contribution >= 0.6 is 0 Å². The molecule has 0 amide bonds. The van der Waals surface area contributed by atoms with Gasteiger partial charge in [-0.15, -0.1) is 0 Å². The third-order valence-electron chi connectivity index (χ3n) is 4.98. The van der Waals surface area contributed by atoms with E-state index in [0.29, 0.717) is 6.04 Å². The Labute approximate surface area is 128 Å². The Morgan fingerprint density at radius 1 is 1.29 bits per heavy atom. The van der Waals surface area contributed by atoms with E-state index in [0.717, 1.165) is 38.0 Å². The van der Waals surface area contributed by atoms with Crippen LogP contribution in [0.15, 0.2) is 16.7 Å². The third-order valence-corrected chi connectivity index (χ3v) is 4.98. The van der Waals surface area contributed by atoms with E-state index in [1.807, 2.05) is 6.26 Å². The number of furan rings is 1. The lowest BCUT2D eigenvalue weighted by molar-refractivity contribution is 0.0917.